The maximum atomic E-state index is 10.3. The molecular formula is C4H6BrN3O7. The van der Waals surface area contributed by atoms with E-state index in [1.807, 2.05) is 0 Å². The highest BCUT2D eigenvalue weighted by Gasteiger charge is 2.53. The topological polar surface area (TPSA) is 139 Å². The van der Waals surface area contributed by atoms with E-state index >= 15 is 0 Å². The second kappa shape index (κ2) is 5.50. The fourth-order valence-electron chi connectivity index (χ4n) is 0.706. The van der Waals surface area contributed by atoms with Gasteiger partial charge in [0.1, 0.15) is 14.9 Å². The minimum absolute atomic E-state index is 0.907. The summed E-state index contributed by atoms with van der Waals surface area (Å²) in [6.45, 7) is 1.30. The summed E-state index contributed by atoms with van der Waals surface area (Å²) >= 11 is 2.74. The molecule has 0 aliphatic heterocycles. The van der Waals surface area contributed by atoms with E-state index in [0.29, 0.717) is 0 Å². The van der Waals surface area contributed by atoms with Crippen LogP contribution in [0, 0.1) is 30.3 Å². The van der Waals surface area contributed by atoms with Crippen molar-refractivity contribution in [3.8, 4) is 0 Å². The van der Waals surface area contributed by atoms with E-state index in [4.69, 9.17) is 0 Å². The molecule has 0 aliphatic rings. The molecule has 0 aromatic rings. The number of ether oxygens (including phenoxy) is 1. The van der Waals surface area contributed by atoms with Crippen molar-refractivity contribution in [3.63, 3.8) is 0 Å². The standard InChI is InChI=1S/C4H6BrN3O7/c1-2(5)15-4(8(13)14)3(6(9)10)7(11)12/h2-4H,1H3. The molecular weight excluding hydrogens is 282 g/mol. The Morgan fingerprint density at radius 3 is 1.67 bits per heavy atom. The van der Waals surface area contributed by atoms with E-state index < -0.39 is 32.2 Å². The first-order valence-corrected chi connectivity index (χ1v) is 4.39. The van der Waals surface area contributed by atoms with Gasteiger partial charge in [0.25, 0.3) is 0 Å². The molecule has 11 heteroatoms. The predicted octanol–water partition coefficient (Wildman–Crippen LogP) is 0.226. The fraction of sp³-hybridized carbons (Fsp3) is 1.00. The molecule has 0 aromatic heterocycles. The highest BCUT2D eigenvalue weighted by molar-refractivity contribution is 9.09. The first-order chi connectivity index (χ1) is 6.77. The van der Waals surface area contributed by atoms with Gasteiger partial charge in [0.2, 0.25) is 0 Å². The van der Waals surface area contributed by atoms with Crippen LogP contribution in [-0.4, -0.2) is 32.2 Å². The van der Waals surface area contributed by atoms with Crippen molar-refractivity contribution < 1.29 is 19.5 Å². The Morgan fingerprint density at radius 1 is 1.07 bits per heavy atom. The molecule has 0 aliphatic carbocycles. The van der Waals surface area contributed by atoms with Crippen molar-refractivity contribution in [2.75, 3.05) is 0 Å². The molecule has 0 heterocycles. The molecule has 0 aromatic carbocycles. The van der Waals surface area contributed by atoms with E-state index in [0.717, 1.165) is 0 Å². The van der Waals surface area contributed by atoms with Gasteiger partial charge in [-0.15, -0.1) is 0 Å². The summed E-state index contributed by atoms with van der Waals surface area (Å²) in [5, 5.41) is 29.9. The highest BCUT2D eigenvalue weighted by Crippen LogP contribution is 2.11. The van der Waals surface area contributed by atoms with E-state index in [-0.39, 0.29) is 0 Å². The normalized spacial score (nSPS) is 14.6. The van der Waals surface area contributed by atoms with Crippen LogP contribution in [0.25, 0.3) is 0 Å². The van der Waals surface area contributed by atoms with Crippen LogP contribution in [0.5, 0.6) is 0 Å². The van der Waals surface area contributed by atoms with Crippen LogP contribution < -0.4 is 0 Å². The van der Waals surface area contributed by atoms with Crippen LogP contribution >= 0.6 is 15.9 Å². The van der Waals surface area contributed by atoms with Gasteiger partial charge < -0.3 is 0 Å². The molecule has 0 saturated carbocycles. The molecule has 2 atom stereocenters. The van der Waals surface area contributed by atoms with Crippen molar-refractivity contribution >= 4 is 15.9 Å². The summed E-state index contributed by atoms with van der Waals surface area (Å²) in [5.41, 5.74) is 0. The van der Waals surface area contributed by atoms with Crippen molar-refractivity contribution in [2.45, 2.75) is 24.3 Å². The number of nitro groups is 3. The Bertz CT molecular complexity index is 267. The van der Waals surface area contributed by atoms with Gasteiger partial charge >= 0.3 is 12.4 Å². The lowest BCUT2D eigenvalue weighted by Gasteiger charge is -2.10. The average molecular weight is 288 g/mol. The summed E-state index contributed by atoms with van der Waals surface area (Å²) in [6.07, 6.45) is -4.95. The molecule has 0 rings (SSSR count). The minimum Gasteiger partial charge on any atom is -0.291 e. The first-order valence-electron chi connectivity index (χ1n) is 3.47. The summed E-state index contributed by atoms with van der Waals surface area (Å²) in [4.78, 5) is 26.8. The van der Waals surface area contributed by atoms with Gasteiger partial charge in [0.15, 0.2) is 0 Å². The number of rotatable bonds is 6. The van der Waals surface area contributed by atoms with Crippen LogP contribution in [0.3, 0.4) is 0 Å². The van der Waals surface area contributed by atoms with Gasteiger partial charge in [-0.25, -0.2) is 0 Å². The minimum atomic E-state index is -2.62. The highest BCUT2D eigenvalue weighted by atomic mass is 79.9. The largest absolute Gasteiger partial charge is 0.541 e. The van der Waals surface area contributed by atoms with Crippen molar-refractivity contribution in [1.29, 1.82) is 0 Å². The third-order valence-corrected chi connectivity index (χ3v) is 1.44. The molecule has 0 fully saturated rings. The van der Waals surface area contributed by atoms with Gasteiger partial charge in [-0.1, -0.05) is 15.9 Å². The summed E-state index contributed by atoms with van der Waals surface area (Å²) in [6, 6.07) is 0. The molecule has 2 unspecified atom stereocenters. The van der Waals surface area contributed by atoms with Crippen molar-refractivity contribution in [1.82, 2.24) is 0 Å². The van der Waals surface area contributed by atoms with Gasteiger partial charge in [-0.3, -0.25) is 35.1 Å². The zero-order valence-electron chi connectivity index (χ0n) is 7.31. The number of hydrogen-bond donors (Lipinski definition) is 0. The first kappa shape index (κ1) is 13.6. The molecule has 0 radical (unpaired) electrons. The van der Waals surface area contributed by atoms with Crippen LogP contribution in [0.1, 0.15) is 6.92 Å². The summed E-state index contributed by atoms with van der Waals surface area (Å²) in [7, 11) is 0. The third-order valence-electron chi connectivity index (χ3n) is 1.22. The molecule has 0 saturated heterocycles. The van der Waals surface area contributed by atoms with Crippen molar-refractivity contribution in [2.24, 2.45) is 0 Å². The van der Waals surface area contributed by atoms with Gasteiger partial charge in [-0.05, 0) is 6.92 Å². The van der Waals surface area contributed by atoms with Crippen LogP contribution in [0.2, 0.25) is 0 Å². The smallest absolute Gasteiger partial charge is 0.291 e. The Morgan fingerprint density at radius 2 is 1.47 bits per heavy atom. The number of halogens is 1. The fourth-order valence-corrected chi connectivity index (χ4v) is 0.927. The average Bonchev–Trinajstić information content (AvgIpc) is 2.00. The van der Waals surface area contributed by atoms with E-state index in [2.05, 4.69) is 20.7 Å². The quantitative estimate of drug-likeness (QED) is 0.295. The molecule has 86 valence electrons. The third kappa shape index (κ3) is 4.12. The van der Waals surface area contributed by atoms with E-state index in [9.17, 15) is 30.3 Å². The Hall–Kier alpha value is -1.36. The molecule has 0 amide bonds. The van der Waals surface area contributed by atoms with E-state index in [1.54, 1.807) is 0 Å². The van der Waals surface area contributed by atoms with Gasteiger partial charge in [0, 0.05) is 0 Å². The molecule has 0 N–H and O–H groups in total. The van der Waals surface area contributed by atoms with Crippen LogP contribution in [0.4, 0.5) is 0 Å². The lowest BCUT2D eigenvalue weighted by atomic mass is 10.4. The molecule has 0 spiro atoms. The predicted molar refractivity (Wildman–Crippen MR) is 48.0 cm³/mol. The molecule has 10 nitrogen and oxygen atoms in total. The number of alkyl halides is 1. The summed E-state index contributed by atoms with van der Waals surface area (Å²) < 4.78 is 4.43. The molecule has 0 bridgehead atoms. The Balaban J connectivity index is 4.92. The van der Waals surface area contributed by atoms with Gasteiger partial charge in [-0.2, -0.15) is 0 Å². The molecule has 15 heavy (non-hydrogen) atoms. The monoisotopic (exact) mass is 287 g/mol. The maximum absolute atomic E-state index is 10.3. The van der Waals surface area contributed by atoms with Crippen LogP contribution in [0.15, 0.2) is 0 Å². The summed E-state index contributed by atoms with van der Waals surface area (Å²) in [5.74, 6) is 0. The lowest BCUT2D eigenvalue weighted by Crippen LogP contribution is -2.47. The zero-order chi connectivity index (χ0) is 12.2. The SMILES string of the molecule is CC(Br)OC(C([N+](=O)[O-])[N+](=O)[O-])[N+](=O)[O-]. The van der Waals surface area contributed by atoms with Crippen molar-refractivity contribution in [3.05, 3.63) is 30.3 Å². The number of nitrogens with zero attached hydrogens (tertiary/aromatic N) is 3. The second-order valence-electron chi connectivity index (χ2n) is 2.34. The lowest BCUT2D eigenvalue weighted by molar-refractivity contribution is -0.800. The maximum Gasteiger partial charge on any atom is 0.541 e. The van der Waals surface area contributed by atoms with Gasteiger partial charge in [0.05, 0.1) is 4.92 Å². The Labute approximate surface area is 90.8 Å². The zero-order valence-corrected chi connectivity index (χ0v) is 8.90. The van der Waals surface area contributed by atoms with Crippen LogP contribution in [-0.2, 0) is 4.74 Å². The second-order valence-corrected chi connectivity index (χ2v) is 3.63. The van der Waals surface area contributed by atoms with E-state index in [1.165, 1.54) is 6.92 Å². The Kier molecular flexibility index (Phi) is 5.00. The number of hydrogen-bond acceptors (Lipinski definition) is 7.